The van der Waals surface area contributed by atoms with Crippen LogP contribution in [0.2, 0.25) is 5.02 Å². The van der Waals surface area contributed by atoms with Crippen LogP contribution in [0.15, 0.2) is 12.1 Å². The molecular formula is C12H15ClO2. The third-order valence-corrected chi connectivity index (χ3v) is 2.59. The summed E-state index contributed by atoms with van der Waals surface area (Å²) in [6.07, 6.45) is 2.09. The molecular weight excluding hydrogens is 212 g/mol. The molecule has 1 aromatic carbocycles. The summed E-state index contributed by atoms with van der Waals surface area (Å²) in [6, 6.07) is 3.26. The van der Waals surface area contributed by atoms with E-state index in [1.165, 1.54) is 6.07 Å². The van der Waals surface area contributed by atoms with E-state index in [4.69, 9.17) is 11.6 Å². The van der Waals surface area contributed by atoms with E-state index < -0.39 is 0 Å². The number of hydrogen-bond acceptors (Lipinski definition) is 2. The molecule has 0 amide bonds. The molecule has 0 aliphatic carbocycles. The number of carbonyl (C=O) groups excluding carboxylic acids is 1. The third kappa shape index (κ3) is 2.72. The summed E-state index contributed by atoms with van der Waals surface area (Å²) in [5.74, 6) is 0.153. The zero-order valence-electron chi connectivity index (χ0n) is 9.01. The van der Waals surface area contributed by atoms with E-state index in [1.807, 2.05) is 13.8 Å². The lowest BCUT2D eigenvalue weighted by atomic mass is 10.0. The number of aryl methyl sites for hydroxylation is 1. The molecule has 3 heteroatoms. The highest BCUT2D eigenvalue weighted by atomic mass is 35.5. The Labute approximate surface area is 94.9 Å². The number of phenols is 1. The molecule has 0 fully saturated rings. The van der Waals surface area contributed by atoms with Crippen LogP contribution in [0.4, 0.5) is 0 Å². The van der Waals surface area contributed by atoms with Gasteiger partial charge in [0.1, 0.15) is 5.75 Å². The van der Waals surface area contributed by atoms with Crippen LogP contribution in [-0.2, 0) is 6.42 Å². The highest BCUT2D eigenvalue weighted by Gasteiger charge is 2.11. The van der Waals surface area contributed by atoms with E-state index in [9.17, 15) is 9.90 Å². The Morgan fingerprint density at radius 1 is 1.40 bits per heavy atom. The molecule has 0 unspecified atom stereocenters. The van der Waals surface area contributed by atoms with E-state index in [0.717, 1.165) is 18.4 Å². The Hall–Kier alpha value is -1.02. The number of rotatable bonds is 4. The quantitative estimate of drug-likeness (QED) is 0.797. The number of Topliss-reactive ketones (excluding diaryl/α,β-unsaturated/α-hetero) is 1. The Morgan fingerprint density at radius 2 is 2.07 bits per heavy atom. The molecule has 1 aromatic rings. The molecule has 1 N–H and O–H groups in total. The van der Waals surface area contributed by atoms with E-state index >= 15 is 0 Å². The van der Waals surface area contributed by atoms with Crippen molar-refractivity contribution in [3.05, 3.63) is 28.3 Å². The van der Waals surface area contributed by atoms with Gasteiger partial charge in [-0.15, -0.1) is 0 Å². The van der Waals surface area contributed by atoms with Crippen molar-refractivity contribution in [3.8, 4) is 5.75 Å². The minimum absolute atomic E-state index is 0.0502. The fraction of sp³-hybridized carbons (Fsp3) is 0.417. The lowest BCUT2D eigenvalue weighted by Gasteiger charge is -2.07. The minimum Gasteiger partial charge on any atom is -0.506 e. The number of phenolic OH excluding ortho intramolecular Hbond substituents is 1. The zero-order chi connectivity index (χ0) is 11.4. The Kier molecular flexibility index (Phi) is 4.15. The molecule has 2 nitrogen and oxygen atoms in total. The summed E-state index contributed by atoms with van der Waals surface area (Å²) in [6.45, 7) is 3.82. The van der Waals surface area contributed by atoms with Gasteiger partial charge in [-0.05, 0) is 24.1 Å². The van der Waals surface area contributed by atoms with Crippen molar-refractivity contribution in [1.29, 1.82) is 0 Å². The number of hydrogen-bond donors (Lipinski definition) is 1. The molecule has 0 bridgehead atoms. The van der Waals surface area contributed by atoms with Crippen molar-refractivity contribution in [2.75, 3.05) is 0 Å². The fourth-order valence-corrected chi connectivity index (χ4v) is 1.72. The summed E-state index contributed by atoms with van der Waals surface area (Å²) < 4.78 is 0. The van der Waals surface area contributed by atoms with Crippen molar-refractivity contribution < 1.29 is 9.90 Å². The molecule has 0 atom stereocenters. The molecule has 15 heavy (non-hydrogen) atoms. The monoisotopic (exact) mass is 226 g/mol. The molecule has 0 saturated heterocycles. The molecule has 0 aliphatic heterocycles. The summed E-state index contributed by atoms with van der Waals surface area (Å²) in [7, 11) is 0. The first-order chi connectivity index (χ1) is 7.10. The van der Waals surface area contributed by atoms with Gasteiger partial charge in [0, 0.05) is 12.0 Å². The predicted molar refractivity (Wildman–Crippen MR) is 61.7 cm³/mol. The van der Waals surface area contributed by atoms with Crippen molar-refractivity contribution in [2.45, 2.75) is 33.1 Å². The first kappa shape index (κ1) is 12.1. The summed E-state index contributed by atoms with van der Waals surface area (Å²) in [5, 5.41) is 9.93. The molecule has 82 valence electrons. The zero-order valence-corrected chi connectivity index (χ0v) is 9.77. The van der Waals surface area contributed by atoms with Crippen molar-refractivity contribution in [1.82, 2.24) is 0 Å². The molecule has 0 aliphatic rings. The van der Waals surface area contributed by atoms with Gasteiger partial charge < -0.3 is 5.11 Å². The summed E-state index contributed by atoms with van der Waals surface area (Å²) >= 11 is 5.85. The molecule has 1 rings (SSSR count). The van der Waals surface area contributed by atoms with Gasteiger partial charge in [-0.25, -0.2) is 0 Å². The number of ketones is 1. The average molecular weight is 227 g/mol. The number of carbonyl (C=O) groups is 1. The lowest BCUT2D eigenvalue weighted by Crippen LogP contribution is -1.98. The maximum absolute atomic E-state index is 11.5. The Balaban J connectivity index is 3.16. The fourth-order valence-electron chi connectivity index (χ4n) is 1.48. The Morgan fingerprint density at radius 3 is 2.60 bits per heavy atom. The van der Waals surface area contributed by atoms with Crippen LogP contribution < -0.4 is 0 Å². The summed E-state index contributed by atoms with van der Waals surface area (Å²) in [4.78, 5) is 11.5. The van der Waals surface area contributed by atoms with Crippen molar-refractivity contribution in [3.63, 3.8) is 0 Å². The van der Waals surface area contributed by atoms with Crippen LogP contribution in [0.3, 0.4) is 0 Å². The van der Waals surface area contributed by atoms with Gasteiger partial charge in [-0.1, -0.05) is 31.9 Å². The SMILES string of the molecule is CCCc1cc(C(=O)CC)cc(Cl)c1O. The molecule has 0 aromatic heterocycles. The highest BCUT2D eigenvalue weighted by Crippen LogP contribution is 2.30. The van der Waals surface area contributed by atoms with Crippen LogP contribution >= 0.6 is 11.6 Å². The minimum atomic E-state index is 0.0502. The van der Waals surface area contributed by atoms with E-state index in [-0.39, 0.29) is 16.6 Å². The van der Waals surface area contributed by atoms with Gasteiger partial charge in [-0.2, -0.15) is 0 Å². The second-order valence-corrected chi connectivity index (χ2v) is 3.90. The van der Waals surface area contributed by atoms with E-state index in [0.29, 0.717) is 12.0 Å². The maximum atomic E-state index is 11.5. The van der Waals surface area contributed by atoms with E-state index in [1.54, 1.807) is 6.07 Å². The number of aromatic hydroxyl groups is 1. The normalized spacial score (nSPS) is 10.3. The van der Waals surface area contributed by atoms with Gasteiger partial charge in [0.05, 0.1) is 5.02 Å². The topological polar surface area (TPSA) is 37.3 Å². The van der Waals surface area contributed by atoms with Crippen LogP contribution in [0.5, 0.6) is 5.75 Å². The van der Waals surface area contributed by atoms with Gasteiger partial charge in [-0.3, -0.25) is 4.79 Å². The number of benzene rings is 1. The van der Waals surface area contributed by atoms with Crippen molar-refractivity contribution >= 4 is 17.4 Å². The molecule has 0 heterocycles. The van der Waals surface area contributed by atoms with Gasteiger partial charge in [0.25, 0.3) is 0 Å². The van der Waals surface area contributed by atoms with Gasteiger partial charge in [0.15, 0.2) is 5.78 Å². The molecule has 0 saturated carbocycles. The first-order valence-electron chi connectivity index (χ1n) is 5.14. The average Bonchev–Trinajstić information content (AvgIpc) is 2.23. The third-order valence-electron chi connectivity index (χ3n) is 2.30. The largest absolute Gasteiger partial charge is 0.506 e. The van der Waals surface area contributed by atoms with Gasteiger partial charge >= 0.3 is 0 Å². The molecule has 0 spiro atoms. The first-order valence-corrected chi connectivity index (χ1v) is 5.52. The Bertz CT molecular complexity index is 372. The summed E-state index contributed by atoms with van der Waals surface area (Å²) in [5.41, 5.74) is 1.34. The van der Waals surface area contributed by atoms with Crippen LogP contribution in [0.1, 0.15) is 42.6 Å². The standard InChI is InChI=1S/C12H15ClO2/c1-3-5-8-6-9(11(14)4-2)7-10(13)12(8)15/h6-7,15H,3-5H2,1-2H3. The predicted octanol–water partition coefficient (Wildman–Crippen LogP) is 3.59. The maximum Gasteiger partial charge on any atom is 0.162 e. The molecule has 0 radical (unpaired) electrons. The smallest absolute Gasteiger partial charge is 0.162 e. The highest BCUT2D eigenvalue weighted by molar-refractivity contribution is 6.32. The number of halogens is 1. The van der Waals surface area contributed by atoms with E-state index in [2.05, 4.69) is 0 Å². The van der Waals surface area contributed by atoms with Crippen LogP contribution in [0.25, 0.3) is 0 Å². The van der Waals surface area contributed by atoms with Crippen molar-refractivity contribution in [2.24, 2.45) is 0 Å². The van der Waals surface area contributed by atoms with Crippen LogP contribution in [0, 0.1) is 0 Å². The van der Waals surface area contributed by atoms with Gasteiger partial charge in [0.2, 0.25) is 0 Å². The second-order valence-electron chi connectivity index (χ2n) is 3.49. The second kappa shape index (κ2) is 5.17. The lowest BCUT2D eigenvalue weighted by molar-refractivity contribution is 0.0988. The van der Waals surface area contributed by atoms with Crippen LogP contribution in [-0.4, -0.2) is 10.9 Å².